The van der Waals surface area contributed by atoms with Crippen LogP contribution in [-0.2, 0) is 17.9 Å². The first-order valence-electron chi connectivity index (χ1n) is 9.42. The Morgan fingerprint density at radius 3 is 2.60 bits per heavy atom. The fraction of sp³-hybridized carbons (Fsp3) is 0.300. The van der Waals surface area contributed by atoms with E-state index in [0.29, 0.717) is 28.2 Å². The predicted molar refractivity (Wildman–Crippen MR) is 116 cm³/mol. The minimum absolute atomic E-state index is 0.180. The zero-order valence-electron chi connectivity index (χ0n) is 16.8. The largest absolute Gasteiger partial charge is 0.497 e. The molecule has 30 heavy (non-hydrogen) atoms. The lowest BCUT2D eigenvalue weighted by atomic mass is 10.2. The Kier molecular flexibility index (Phi) is 5.17. The first-order valence-corrected chi connectivity index (χ1v) is 10.3. The highest BCUT2D eigenvalue weighted by Gasteiger charge is 2.20. The van der Waals surface area contributed by atoms with Crippen LogP contribution in [0.4, 0.5) is 5.69 Å². The molecule has 0 saturated carbocycles. The third kappa shape index (κ3) is 3.50. The van der Waals surface area contributed by atoms with Crippen molar-refractivity contribution in [3.8, 4) is 5.75 Å². The summed E-state index contributed by atoms with van der Waals surface area (Å²) in [4.78, 5) is 38.4. The van der Waals surface area contributed by atoms with Crippen molar-refractivity contribution in [2.45, 2.75) is 26.9 Å². The summed E-state index contributed by atoms with van der Waals surface area (Å²) >= 11 is 1.29. The van der Waals surface area contributed by atoms with Gasteiger partial charge in [-0.1, -0.05) is 13.8 Å². The number of carbonyl (C=O) groups excluding carboxylic acids is 1. The maximum Gasteiger partial charge on any atom is 0.352 e. The van der Waals surface area contributed by atoms with E-state index in [0.717, 1.165) is 4.68 Å². The number of thiophene rings is 1. The highest BCUT2D eigenvalue weighted by molar-refractivity contribution is 7.17. The van der Waals surface area contributed by atoms with Crippen molar-refractivity contribution in [3.63, 3.8) is 0 Å². The summed E-state index contributed by atoms with van der Waals surface area (Å²) in [5, 5.41) is 8.82. The molecule has 0 radical (unpaired) electrons. The molecule has 9 nitrogen and oxygen atoms in total. The quantitative estimate of drug-likeness (QED) is 0.508. The lowest BCUT2D eigenvalue weighted by Gasteiger charge is -2.09. The molecule has 0 aliphatic heterocycles. The average molecular weight is 427 g/mol. The van der Waals surface area contributed by atoms with E-state index >= 15 is 0 Å². The van der Waals surface area contributed by atoms with Gasteiger partial charge in [0.15, 0.2) is 0 Å². The van der Waals surface area contributed by atoms with Crippen molar-refractivity contribution in [1.82, 2.24) is 18.7 Å². The van der Waals surface area contributed by atoms with Crippen LogP contribution in [0, 0.1) is 5.92 Å². The van der Waals surface area contributed by atoms with Gasteiger partial charge in [0, 0.05) is 12.2 Å². The van der Waals surface area contributed by atoms with Crippen molar-refractivity contribution in [3.05, 3.63) is 56.5 Å². The van der Waals surface area contributed by atoms with Crippen LogP contribution in [0.2, 0.25) is 0 Å². The second-order valence-electron chi connectivity index (χ2n) is 7.30. The summed E-state index contributed by atoms with van der Waals surface area (Å²) in [6, 6.07) is 8.59. The SMILES string of the molecule is COc1ccc(NC(=O)Cn2nc3n(CC(C)C)c(=O)c4sccc4n3c2=O)cc1. The Labute approximate surface area is 175 Å². The Morgan fingerprint density at radius 2 is 1.93 bits per heavy atom. The van der Waals surface area contributed by atoms with Crippen LogP contribution in [0.3, 0.4) is 0 Å². The molecule has 1 amide bonds. The molecule has 0 unspecified atom stereocenters. The summed E-state index contributed by atoms with van der Waals surface area (Å²) in [6.07, 6.45) is 0. The summed E-state index contributed by atoms with van der Waals surface area (Å²) < 4.78 is 9.58. The number of aromatic nitrogens is 4. The number of nitrogens with one attached hydrogen (secondary N) is 1. The van der Waals surface area contributed by atoms with Crippen molar-refractivity contribution in [1.29, 1.82) is 0 Å². The predicted octanol–water partition coefficient (Wildman–Crippen LogP) is 2.18. The number of nitrogens with zero attached hydrogens (tertiary/aromatic N) is 4. The van der Waals surface area contributed by atoms with E-state index in [1.54, 1.807) is 42.8 Å². The molecule has 0 saturated heterocycles. The van der Waals surface area contributed by atoms with Gasteiger partial charge >= 0.3 is 5.69 Å². The molecular weight excluding hydrogens is 406 g/mol. The Morgan fingerprint density at radius 1 is 1.20 bits per heavy atom. The summed E-state index contributed by atoms with van der Waals surface area (Å²) in [5.41, 5.74) is 0.443. The maximum atomic E-state index is 13.0. The molecule has 3 aromatic heterocycles. The second-order valence-corrected chi connectivity index (χ2v) is 8.21. The van der Waals surface area contributed by atoms with Crippen molar-refractivity contribution in [2.75, 3.05) is 12.4 Å². The minimum atomic E-state index is -0.462. The fourth-order valence-electron chi connectivity index (χ4n) is 3.28. The number of ether oxygens (including phenoxy) is 1. The zero-order chi connectivity index (χ0) is 21.4. The van der Waals surface area contributed by atoms with Crippen molar-refractivity contribution >= 4 is 38.9 Å². The molecule has 0 atom stereocenters. The zero-order valence-corrected chi connectivity index (χ0v) is 17.6. The average Bonchev–Trinajstić information content (AvgIpc) is 3.31. The number of amides is 1. The van der Waals surface area contributed by atoms with Crippen LogP contribution in [-0.4, -0.2) is 31.8 Å². The molecular formula is C20H21N5O4S. The first kappa shape index (κ1) is 19.9. The van der Waals surface area contributed by atoms with Crippen LogP contribution in [0.15, 0.2) is 45.3 Å². The van der Waals surface area contributed by atoms with Crippen LogP contribution < -0.4 is 21.3 Å². The Balaban J connectivity index is 1.72. The van der Waals surface area contributed by atoms with E-state index in [1.807, 2.05) is 13.8 Å². The maximum absolute atomic E-state index is 13.0. The molecule has 4 rings (SSSR count). The van der Waals surface area contributed by atoms with Crippen LogP contribution >= 0.6 is 11.3 Å². The van der Waals surface area contributed by atoms with Gasteiger partial charge in [-0.2, -0.15) is 0 Å². The van der Waals surface area contributed by atoms with E-state index in [2.05, 4.69) is 10.4 Å². The van der Waals surface area contributed by atoms with Gasteiger partial charge < -0.3 is 10.1 Å². The van der Waals surface area contributed by atoms with E-state index in [-0.39, 0.29) is 23.8 Å². The van der Waals surface area contributed by atoms with Gasteiger partial charge in [0.1, 0.15) is 17.0 Å². The summed E-state index contributed by atoms with van der Waals surface area (Å²) in [5.74, 6) is 0.696. The molecule has 0 aliphatic rings. The van der Waals surface area contributed by atoms with Crippen LogP contribution in [0.1, 0.15) is 13.8 Å². The number of fused-ring (bicyclic) bond motifs is 3. The minimum Gasteiger partial charge on any atom is -0.497 e. The first-order chi connectivity index (χ1) is 14.4. The third-order valence-corrected chi connectivity index (χ3v) is 5.49. The number of rotatable bonds is 6. The molecule has 0 fully saturated rings. The standard InChI is InChI=1S/C20H21N5O4S/c1-12(2)10-23-18(27)17-15(8-9-30-17)25-19(23)22-24(20(25)28)11-16(26)21-13-4-6-14(29-3)7-5-13/h4-9,12H,10-11H2,1-3H3,(H,21,26). The highest BCUT2D eigenvalue weighted by Crippen LogP contribution is 2.18. The third-order valence-electron chi connectivity index (χ3n) is 4.60. The number of benzene rings is 1. The number of hydrogen-bond acceptors (Lipinski definition) is 6. The van der Waals surface area contributed by atoms with Gasteiger partial charge in [0.05, 0.1) is 12.6 Å². The number of anilines is 1. The van der Waals surface area contributed by atoms with Gasteiger partial charge in [0.2, 0.25) is 11.7 Å². The van der Waals surface area contributed by atoms with Crippen molar-refractivity contribution < 1.29 is 9.53 Å². The molecule has 0 spiro atoms. The molecule has 1 aromatic carbocycles. The highest BCUT2D eigenvalue weighted by atomic mass is 32.1. The molecule has 3 heterocycles. The van der Waals surface area contributed by atoms with Crippen LogP contribution in [0.5, 0.6) is 5.75 Å². The molecule has 156 valence electrons. The molecule has 4 aromatic rings. The summed E-state index contributed by atoms with van der Waals surface area (Å²) in [6.45, 7) is 4.12. The smallest absolute Gasteiger partial charge is 0.352 e. The normalized spacial score (nSPS) is 11.5. The number of carbonyl (C=O) groups is 1. The van der Waals surface area contributed by atoms with E-state index in [9.17, 15) is 14.4 Å². The molecule has 10 heteroatoms. The Hall–Kier alpha value is -3.40. The van der Waals surface area contributed by atoms with E-state index in [1.165, 1.54) is 20.3 Å². The Bertz CT molecular complexity index is 1340. The fourth-order valence-corrected chi connectivity index (χ4v) is 4.10. The lowest BCUT2D eigenvalue weighted by molar-refractivity contribution is -0.117. The van der Waals surface area contributed by atoms with Crippen molar-refractivity contribution in [2.24, 2.45) is 5.92 Å². The molecule has 0 bridgehead atoms. The summed E-state index contributed by atoms with van der Waals surface area (Å²) in [7, 11) is 1.56. The molecule has 1 N–H and O–H groups in total. The van der Waals surface area contributed by atoms with E-state index < -0.39 is 11.6 Å². The van der Waals surface area contributed by atoms with Gasteiger partial charge in [-0.25, -0.2) is 13.9 Å². The van der Waals surface area contributed by atoms with Gasteiger partial charge in [-0.15, -0.1) is 16.4 Å². The van der Waals surface area contributed by atoms with Crippen LogP contribution in [0.25, 0.3) is 16.0 Å². The molecule has 0 aliphatic carbocycles. The number of methoxy groups -OCH3 is 1. The van der Waals surface area contributed by atoms with Gasteiger partial charge in [-0.05, 0) is 41.6 Å². The second kappa shape index (κ2) is 7.79. The van der Waals surface area contributed by atoms with Gasteiger partial charge in [-0.3, -0.25) is 14.2 Å². The topological polar surface area (TPSA) is 99.6 Å². The van der Waals surface area contributed by atoms with E-state index in [4.69, 9.17) is 4.74 Å². The lowest BCUT2D eigenvalue weighted by Crippen LogP contribution is -2.29. The number of hydrogen-bond donors (Lipinski definition) is 1. The monoisotopic (exact) mass is 427 g/mol. The van der Waals surface area contributed by atoms with Gasteiger partial charge in [0.25, 0.3) is 5.56 Å².